The Labute approximate surface area is 129 Å². The lowest BCUT2D eigenvalue weighted by Crippen LogP contribution is -2.40. The Kier molecular flexibility index (Phi) is 4.48. The molecule has 1 amide bonds. The van der Waals surface area contributed by atoms with Crippen LogP contribution in [0.2, 0.25) is 5.02 Å². The molecule has 0 fully saturated rings. The van der Waals surface area contributed by atoms with Crippen molar-refractivity contribution in [1.29, 1.82) is 0 Å². The van der Waals surface area contributed by atoms with Crippen molar-refractivity contribution in [2.45, 2.75) is 26.3 Å². The van der Waals surface area contributed by atoms with Gasteiger partial charge in [0.05, 0.1) is 0 Å². The zero-order valence-corrected chi connectivity index (χ0v) is 13.0. The molecule has 2 rings (SSSR count). The molecule has 0 saturated heterocycles. The fraction of sp³-hybridized carbons (Fsp3) is 0.250. The Morgan fingerprint density at radius 2 is 1.76 bits per heavy atom. The monoisotopic (exact) mass is 303 g/mol. The smallest absolute Gasteiger partial charge is 0.270 e. The van der Waals surface area contributed by atoms with Crippen LogP contribution in [0, 0.1) is 0 Å². The first-order chi connectivity index (χ1) is 9.83. The first kappa shape index (κ1) is 15.3. The van der Waals surface area contributed by atoms with Crippen LogP contribution in [-0.4, -0.2) is 16.4 Å². The molecule has 0 bridgehead atoms. The van der Waals surface area contributed by atoms with E-state index in [0.717, 1.165) is 11.4 Å². The molecule has 2 aromatic rings. The molecule has 0 radical (unpaired) electrons. The van der Waals surface area contributed by atoms with Gasteiger partial charge in [0.15, 0.2) is 0 Å². The molecular weight excluding hydrogens is 286 g/mol. The molecule has 1 heterocycles. The van der Waals surface area contributed by atoms with Gasteiger partial charge in [0.25, 0.3) is 5.91 Å². The van der Waals surface area contributed by atoms with E-state index in [0.29, 0.717) is 10.7 Å². The molecule has 110 valence electrons. The summed E-state index contributed by atoms with van der Waals surface area (Å²) in [7, 11) is 0. The minimum Gasteiger partial charge on any atom is -0.355 e. The van der Waals surface area contributed by atoms with Gasteiger partial charge in [-0.2, -0.15) is 0 Å². The van der Waals surface area contributed by atoms with Crippen LogP contribution in [0.1, 0.15) is 31.3 Å². The Morgan fingerprint density at radius 3 is 2.38 bits per heavy atom. The lowest BCUT2D eigenvalue weighted by atomic mass is 10.1. The molecule has 0 aliphatic carbocycles. The summed E-state index contributed by atoms with van der Waals surface area (Å²) in [6.45, 7) is 5.79. The van der Waals surface area contributed by atoms with Crippen molar-refractivity contribution in [2.24, 2.45) is 0 Å². The molecule has 1 aromatic heterocycles. The lowest BCUT2D eigenvalue weighted by molar-refractivity contribution is 0.0914. The van der Waals surface area contributed by atoms with Crippen molar-refractivity contribution in [3.05, 3.63) is 53.3 Å². The molecule has 0 atom stereocenters. The first-order valence-corrected chi connectivity index (χ1v) is 7.02. The van der Waals surface area contributed by atoms with Crippen LogP contribution >= 0.6 is 11.6 Å². The molecule has 0 spiro atoms. The normalized spacial score (nSPS) is 11.0. The van der Waals surface area contributed by atoms with E-state index in [2.05, 4.69) is 15.6 Å². The topological polar surface area (TPSA) is 54.0 Å². The third-order valence-electron chi connectivity index (χ3n) is 2.61. The van der Waals surface area contributed by atoms with Crippen LogP contribution in [0.15, 0.2) is 42.6 Å². The Balaban J connectivity index is 2.14. The highest BCUT2D eigenvalue weighted by Crippen LogP contribution is 2.19. The number of nitrogens with one attached hydrogen (secondary N) is 2. The summed E-state index contributed by atoms with van der Waals surface area (Å²) in [4.78, 5) is 16.2. The number of nitrogens with zero attached hydrogens (tertiary/aromatic N) is 1. The number of carbonyl (C=O) groups is 1. The van der Waals surface area contributed by atoms with Crippen LogP contribution in [-0.2, 0) is 0 Å². The predicted molar refractivity (Wildman–Crippen MR) is 86.2 cm³/mol. The number of hydrogen-bond donors (Lipinski definition) is 2. The standard InChI is InChI=1S/C16H18ClN3O/c1-16(2,3)20-15(21)14-10-13(8-9-18-14)19-12-6-4-11(17)5-7-12/h4-10H,1-3H3,(H,18,19)(H,20,21). The Hall–Kier alpha value is -2.07. The number of pyridine rings is 1. The number of halogens is 1. The van der Waals surface area contributed by atoms with Gasteiger partial charge in [-0.15, -0.1) is 0 Å². The van der Waals surface area contributed by atoms with Gasteiger partial charge in [-0.1, -0.05) is 11.6 Å². The molecule has 21 heavy (non-hydrogen) atoms. The van der Waals surface area contributed by atoms with Crippen LogP contribution in [0.3, 0.4) is 0 Å². The van der Waals surface area contributed by atoms with E-state index < -0.39 is 0 Å². The summed E-state index contributed by atoms with van der Waals surface area (Å²) < 4.78 is 0. The highest BCUT2D eigenvalue weighted by atomic mass is 35.5. The SMILES string of the molecule is CC(C)(C)NC(=O)c1cc(Nc2ccc(Cl)cc2)ccn1. The van der Waals surface area contributed by atoms with Crippen molar-refractivity contribution in [2.75, 3.05) is 5.32 Å². The second-order valence-electron chi connectivity index (χ2n) is 5.77. The van der Waals surface area contributed by atoms with Crippen LogP contribution < -0.4 is 10.6 Å². The number of anilines is 2. The number of hydrogen-bond acceptors (Lipinski definition) is 3. The van der Waals surface area contributed by atoms with E-state index in [1.807, 2.05) is 39.0 Å². The maximum Gasteiger partial charge on any atom is 0.270 e. The van der Waals surface area contributed by atoms with E-state index in [1.165, 1.54) is 0 Å². The molecule has 1 aromatic carbocycles. The molecule has 5 heteroatoms. The second kappa shape index (κ2) is 6.14. The minimum atomic E-state index is -0.293. The summed E-state index contributed by atoms with van der Waals surface area (Å²) in [6.07, 6.45) is 1.61. The van der Waals surface area contributed by atoms with Crippen molar-refractivity contribution in [3.8, 4) is 0 Å². The zero-order chi connectivity index (χ0) is 15.5. The van der Waals surface area contributed by atoms with Crippen molar-refractivity contribution >= 4 is 28.9 Å². The van der Waals surface area contributed by atoms with Gasteiger partial charge >= 0.3 is 0 Å². The fourth-order valence-corrected chi connectivity index (χ4v) is 1.86. The highest BCUT2D eigenvalue weighted by molar-refractivity contribution is 6.30. The Bertz CT molecular complexity index is 633. The first-order valence-electron chi connectivity index (χ1n) is 6.65. The molecular formula is C16H18ClN3O. The number of rotatable bonds is 3. The number of aromatic nitrogens is 1. The van der Waals surface area contributed by atoms with E-state index in [9.17, 15) is 4.79 Å². The third-order valence-corrected chi connectivity index (χ3v) is 2.87. The average molecular weight is 304 g/mol. The van der Waals surface area contributed by atoms with Crippen LogP contribution in [0.25, 0.3) is 0 Å². The maximum atomic E-state index is 12.1. The van der Waals surface area contributed by atoms with Gasteiger partial charge in [-0.05, 0) is 57.2 Å². The molecule has 0 saturated carbocycles. The van der Waals surface area contributed by atoms with Gasteiger partial charge in [0.1, 0.15) is 5.69 Å². The quantitative estimate of drug-likeness (QED) is 0.901. The van der Waals surface area contributed by atoms with E-state index in [4.69, 9.17) is 11.6 Å². The predicted octanol–water partition coefficient (Wildman–Crippen LogP) is 4.01. The number of benzene rings is 1. The van der Waals surface area contributed by atoms with Gasteiger partial charge in [0.2, 0.25) is 0 Å². The summed E-state index contributed by atoms with van der Waals surface area (Å²) in [5.41, 5.74) is 1.78. The number of carbonyl (C=O) groups excluding carboxylic acids is 1. The molecule has 0 aliphatic rings. The second-order valence-corrected chi connectivity index (χ2v) is 6.20. The van der Waals surface area contributed by atoms with Crippen LogP contribution in [0.4, 0.5) is 11.4 Å². The highest BCUT2D eigenvalue weighted by Gasteiger charge is 2.16. The maximum absolute atomic E-state index is 12.1. The Morgan fingerprint density at radius 1 is 1.10 bits per heavy atom. The summed E-state index contributed by atoms with van der Waals surface area (Å²) in [5, 5.41) is 6.78. The largest absolute Gasteiger partial charge is 0.355 e. The van der Waals surface area contributed by atoms with Crippen molar-refractivity contribution < 1.29 is 4.79 Å². The van der Waals surface area contributed by atoms with E-state index in [1.54, 1.807) is 24.4 Å². The van der Waals surface area contributed by atoms with Crippen molar-refractivity contribution in [3.63, 3.8) is 0 Å². The molecule has 2 N–H and O–H groups in total. The average Bonchev–Trinajstić information content (AvgIpc) is 2.40. The van der Waals surface area contributed by atoms with Gasteiger partial charge < -0.3 is 10.6 Å². The summed E-state index contributed by atoms with van der Waals surface area (Å²) in [5.74, 6) is -0.192. The third kappa shape index (κ3) is 4.76. The fourth-order valence-electron chi connectivity index (χ4n) is 1.74. The number of amides is 1. The van der Waals surface area contributed by atoms with Gasteiger partial charge in [-0.25, -0.2) is 0 Å². The van der Waals surface area contributed by atoms with E-state index in [-0.39, 0.29) is 11.4 Å². The van der Waals surface area contributed by atoms with E-state index >= 15 is 0 Å². The molecule has 0 aliphatic heterocycles. The van der Waals surface area contributed by atoms with Crippen LogP contribution in [0.5, 0.6) is 0 Å². The summed E-state index contributed by atoms with van der Waals surface area (Å²) >= 11 is 5.85. The van der Waals surface area contributed by atoms with Gasteiger partial charge in [0, 0.05) is 28.1 Å². The van der Waals surface area contributed by atoms with Gasteiger partial charge in [-0.3, -0.25) is 9.78 Å². The zero-order valence-electron chi connectivity index (χ0n) is 12.3. The molecule has 4 nitrogen and oxygen atoms in total. The summed E-state index contributed by atoms with van der Waals surface area (Å²) in [6, 6.07) is 10.9. The molecule has 0 unspecified atom stereocenters. The minimum absolute atomic E-state index is 0.192. The lowest BCUT2D eigenvalue weighted by Gasteiger charge is -2.20. The van der Waals surface area contributed by atoms with Crippen molar-refractivity contribution in [1.82, 2.24) is 10.3 Å².